The highest BCUT2D eigenvalue weighted by Crippen LogP contribution is 2.28. The fraction of sp³-hybridized carbons (Fsp3) is 0.571. The van der Waals surface area contributed by atoms with Crippen LogP contribution in [0.5, 0.6) is 0 Å². The van der Waals surface area contributed by atoms with Crippen molar-refractivity contribution in [3.05, 3.63) is 23.4 Å². The first-order chi connectivity index (χ1) is 8.71. The minimum Gasteiger partial charge on any atom is -0.367 e. The van der Waals surface area contributed by atoms with Gasteiger partial charge in [-0.3, -0.25) is 0 Å². The molecule has 2 unspecified atom stereocenters. The van der Waals surface area contributed by atoms with Crippen molar-refractivity contribution < 1.29 is 0 Å². The summed E-state index contributed by atoms with van der Waals surface area (Å²) in [5, 5.41) is 13.2. The normalized spacial score (nSPS) is 23.4. The lowest BCUT2D eigenvalue weighted by Crippen LogP contribution is -2.28. The van der Waals surface area contributed by atoms with E-state index in [0.29, 0.717) is 11.6 Å². The molecule has 3 nitrogen and oxygen atoms in total. The van der Waals surface area contributed by atoms with E-state index >= 15 is 0 Å². The third-order valence-corrected chi connectivity index (χ3v) is 4.49. The number of pyridine rings is 1. The summed E-state index contributed by atoms with van der Waals surface area (Å²) in [4.78, 5) is 4.46. The molecule has 2 atom stereocenters. The number of nitrogens with one attached hydrogen (secondary N) is 1. The molecule has 2 rings (SSSR count). The van der Waals surface area contributed by atoms with E-state index in [-0.39, 0.29) is 0 Å². The monoisotopic (exact) mass is 261 g/mol. The van der Waals surface area contributed by atoms with Gasteiger partial charge in [-0.15, -0.1) is 0 Å². The molecule has 0 aromatic carbocycles. The molecule has 1 saturated carbocycles. The van der Waals surface area contributed by atoms with Gasteiger partial charge in [0.25, 0.3) is 0 Å². The summed E-state index contributed by atoms with van der Waals surface area (Å²) in [5.41, 5.74) is 1.58. The summed E-state index contributed by atoms with van der Waals surface area (Å²) in [6.45, 7) is 1.93. The molecule has 4 heteroatoms. The summed E-state index contributed by atoms with van der Waals surface area (Å²) in [5.74, 6) is 0.846. The van der Waals surface area contributed by atoms with Gasteiger partial charge in [0.2, 0.25) is 0 Å². The van der Waals surface area contributed by atoms with Gasteiger partial charge in [-0.1, -0.05) is 6.42 Å². The van der Waals surface area contributed by atoms with E-state index in [1.165, 1.54) is 25.7 Å². The van der Waals surface area contributed by atoms with Gasteiger partial charge in [0.05, 0.1) is 11.6 Å². The molecular formula is C14H19N3S. The molecule has 1 aromatic rings. The highest BCUT2D eigenvalue weighted by atomic mass is 32.2. The van der Waals surface area contributed by atoms with E-state index in [1.807, 2.05) is 30.8 Å². The van der Waals surface area contributed by atoms with Crippen molar-refractivity contribution in [2.24, 2.45) is 0 Å². The molecule has 0 spiro atoms. The minimum atomic E-state index is 0.497. The average molecular weight is 261 g/mol. The molecular weight excluding hydrogens is 242 g/mol. The Morgan fingerprint density at radius 3 is 3.00 bits per heavy atom. The van der Waals surface area contributed by atoms with Gasteiger partial charge in [0.1, 0.15) is 5.82 Å². The molecule has 1 N–H and O–H groups in total. The predicted octanol–water partition coefficient (Wildman–Crippen LogP) is 3.35. The smallest absolute Gasteiger partial charge is 0.127 e. The van der Waals surface area contributed by atoms with Gasteiger partial charge in [-0.25, -0.2) is 4.98 Å². The van der Waals surface area contributed by atoms with Crippen molar-refractivity contribution in [2.75, 3.05) is 11.6 Å². The molecule has 1 heterocycles. The fourth-order valence-electron chi connectivity index (χ4n) is 2.51. The number of aromatic nitrogens is 1. The third-order valence-electron chi connectivity index (χ3n) is 3.39. The van der Waals surface area contributed by atoms with E-state index in [0.717, 1.165) is 16.8 Å². The number of nitrogens with zero attached hydrogens (tertiary/aromatic N) is 2. The lowest BCUT2D eigenvalue weighted by atomic mass is 9.95. The van der Waals surface area contributed by atoms with E-state index in [9.17, 15) is 0 Å². The van der Waals surface area contributed by atoms with Crippen molar-refractivity contribution in [3.8, 4) is 6.07 Å². The van der Waals surface area contributed by atoms with Crippen LogP contribution in [0.15, 0.2) is 12.1 Å². The molecule has 0 amide bonds. The zero-order valence-corrected chi connectivity index (χ0v) is 11.8. The van der Waals surface area contributed by atoms with Gasteiger partial charge in [-0.05, 0) is 44.6 Å². The summed E-state index contributed by atoms with van der Waals surface area (Å²) in [7, 11) is 0. The second-order valence-electron chi connectivity index (χ2n) is 4.86. The molecule has 0 aliphatic heterocycles. The first kappa shape index (κ1) is 13.2. The summed E-state index contributed by atoms with van der Waals surface area (Å²) in [6, 6.07) is 6.34. The Morgan fingerprint density at radius 2 is 2.28 bits per heavy atom. The molecule has 18 heavy (non-hydrogen) atoms. The maximum Gasteiger partial charge on any atom is 0.127 e. The van der Waals surface area contributed by atoms with Crippen LogP contribution in [0.4, 0.5) is 5.82 Å². The number of anilines is 1. The van der Waals surface area contributed by atoms with Crippen molar-refractivity contribution in [1.29, 1.82) is 5.26 Å². The third kappa shape index (κ3) is 3.39. The Kier molecular flexibility index (Phi) is 4.48. The Hall–Kier alpha value is -1.21. The molecule has 1 aliphatic carbocycles. The summed E-state index contributed by atoms with van der Waals surface area (Å²) in [6.07, 6.45) is 7.18. The van der Waals surface area contributed by atoms with Crippen LogP contribution >= 0.6 is 11.8 Å². The molecule has 1 aliphatic rings. The number of aryl methyl sites for hydroxylation is 1. The SMILES string of the molecule is CSC1CCCC(Nc2cc(C#N)cc(C)n2)C1. The van der Waals surface area contributed by atoms with E-state index in [4.69, 9.17) is 5.26 Å². The Labute approximate surface area is 113 Å². The molecule has 1 aromatic heterocycles. The van der Waals surface area contributed by atoms with Crippen LogP contribution in [0.3, 0.4) is 0 Å². The number of nitriles is 1. The average Bonchev–Trinajstić information content (AvgIpc) is 2.38. The topological polar surface area (TPSA) is 48.7 Å². The van der Waals surface area contributed by atoms with Crippen LogP contribution < -0.4 is 5.32 Å². The van der Waals surface area contributed by atoms with Gasteiger partial charge in [-0.2, -0.15) is 17.0 Å². The highest BCUT2D eigenvalue weighted by molar-refractivity contribution is 7.99. The van der Waals surface area contributed by atoms with E-state index < -0.39 is 0 Å². The number of hydrogen-bond donors (Lipinski definition) is 1. The van der Waals surface area contributed by atoms with Crippen LogP contribution in [-0.4, -0.2) is 22.5 Å². The highest BCUT2D eigenvalue weighted by Gasteiger charge is 2.21. The quantitative estimate of drug-likeness (QED) is 0.906. The Bertz CT molecular complexity index is 453. The zero-order chi connectivity index (χ0) is 13.0. The standard InChI is InChI=1S/C14H19N3S/c1-10-6-11(9-15)7-14(16-10)17-12-4-3-5-13(8-12)18-2/h6-7,12-13H,3-5,8H2,1-2H3,(H,16,17). The van der Waals surface area contributed by atoms with E-state index in [2.05, 4.69) is 22.6 Å². The van der Waals surface area contributed by atoms with E-state index in [1.54, 1.807) is 0 Å². The molecule has 96 valence electrons. The van der Waals surface area contributed by atoms with Crippen molar-refractivity contribution in [1.82, 2.24) is 4.98 Å². The molecule has 0 saturated heterocycles. The molecule has 1 fully saturated rings. The lowest BCUT2D eigenvalue weighted by Gasteiger charge is -2.29. The minimum absolute atomic E-state index is 0.497. The van der Waals surface area contributed by atoms with Gasteiger partial charge in [0.15, 0.2) is 0 Å². The fourth-order valence-corrected chi connectivity index (χ4v) is 3.33. The zero-order valence-electron chi connectivity index (χ0n) is 10.9. The maximum absolute atomic E-state index is 8.96. The van der Waals surface area contributed by atoms with Gasteiger partial charge >= 0.3 is 0 Å². The van der Waals surface area contributed by atoms with Crippen LogP contribution in [0.25, 0.3) is 0 Å². The first-order valence-corrected chi connectivity index (χ1v) is 7.68. The Balaban J connectivity index is 2.05. The first-order valence-electron chi connectivity index (χ1n) is 6.39. The van der Waals surface area contributed by atoms with Crippen molar-refractivity contribution in [2.45, 2.75) is 43.9 Å². The van der Waals surface area contributed by atoms with Crippen LogP contribution in [0.1, 0.15) is 36.9 Å². The Morgan fingerprint density at radius 1 is 1.44 bits per heavy atom. The predicted molar refractivity (Wildman–Crippen MR) is 76.9 cm³/mol. The number of hydrogen-bond acceptors (Lipinski definition) is 4. The number of thioether (sulfide) groups is 1. The second-order valence-corrected chi connectivity index (χ2v) is 6.00. The molecule has 0 bridgehead atoms. The lowest BCUT2D eigenvalue weighted by molar-refractivity contribution is 0.472. The second kappa shape index (κ2) is 6.10. The largest absolute Gasteiger partial charge is 0.367 e. The van der Waals surface area contributed by atoms with Crippen LogP contribution in [0, 0.1) is 18.3 Å². The maximum atomic E-state index is 8.96. The van der Waals surface area contributed by atoms with Crippen molar-refractivity contribution >= 4 is 17.6 Å². The van der Waals surface area contributed by atoms with Gasteiger partial charge in [0, 0.05) is 17.0 Å². The molecule has 0 radical (unpaired) electrons. The van der Waals surface area contributed by atoms with Gasteiger partial charge < -0.3 is 5.32 Å². The summed E-state index contributed by atoms with van der Waals surface area (Å²) >= 11 is 1.96. The van der Waals surface area contributed by atoms with Crippen LogP contribution in [0.2, 0.25) is 0 Å². The number of rotatable bonds is 3. The van der Waals surface area contributed by atoms with Crippen LogP contribution in [-0.2, 0) is 0 Å². The summed E-state index contributed by atoms with van der Waals surface area (Å²) < 4.78 is 0. The van der Waals surface area contributed by atoms with Crippen molar-refractivity contribution in [3.63, 3.8) is 0 Å².